The zero-order chi connectivity index (χ0) is 14.6. The number of halogens is 1. The molecule has 2 N–H and O–H groups in total. The van der Waals surface area contributed by atoms with Crippen molar-refractivity contribution in [2.24, 2.45) is 0 Å². The molecule has 0 radical (unpaired) electrons. The molecule has 1 unspecified atom stereocenters. The first-order valence-corrected chi connectivity index (χ1v) is 7.81. The van der Waals surface area contributed by atoms with Crippen LogP contribution in [0.1, 0.15) is 32.3 Å². The Kier molecular flexibility index (Phi) is 5.29. The Bertz CT molecular complexity index is 467. The number of rotatable bonds is 6. The SMILES string of the molecule is CCC(C)(CCO)NCc1cc(Br)c2c(c1)OCCO2. The molecule has 1 aromatic rings. The highest BCUT2D eigenvalue weighted by atomic mass is 79.9. The van der Waals surface area contributed by atoms with E-state index in [0.717, 1.165) is 40.9 Å². The maximum absolute atomic E-state index is 9.15. The lowest BCUT2D eigenvalue weighted by Crippen LogP contribution is -2.42. The summed E-state index contributed by atoms with van der Waals surface area (Å²) < 4.78 is 12.1. The molecule has 1 aliphatic heterocycles. The Balaban J connectivity index is 2.08. The van der Waals surface area contributed by atoms with Crippen LogP contribution < -0.4 is 14.8 Å². The molecule has 0 bridgehead atoms. The van der Waals surface area contributed by atoms with Crippen molar-refractivity contribution in [1.29, 1.82) is 0 Å². The minimum atomic E-state index is -0.0471. The fraction of sp³-hybridized carbons (Fsp3) is 0.600. The van der Waals surface area contributed by atoms with Crippen LogP contribution in [0.25, 0.3) is 0 Å². The summed E-state index contributed by atoms with van der Waals surface area (Å²) in [6, 6.07) is 4.07. The molecule has 112 valence electrons. The standard InChI is InChI=1S/C15H22BrNO3/c1-3-15(2,4-5-18)17-10-11-8-12(16)14-13(9-11)19-6-7-20-14/h8-9,17-18H,3-7,10H2,1-2H3. The average molecular weight is 344 g/mol. The van der Waals surface area contributed by atoms with Crippen molar-refractivity contribution in [3.8, 4) is 11.5 Å². The van der Waals surface area contributed by atoms with Crippen LogP contribution in [0.5, 0.6) is 11.5 Å². The molecule has 0 aromatic heterocycles. The Hall–Kier alpha value is -0.780. The van der Waals surface area contributed by atoms with Gasteiger partial charge >= 0.3 is 0 Å². The zero-order valence-corrected chi connectivity index (χ0v) is 13.6. The molecule has 4 nitrogen and oxygen atoms in total. The summed E-state index contributed by atoms with van der Waals surface area (Å²) >= 11 is 3.53. The summed E-state index contributed by atoms with van der Waals surface area (Å²) in [6.45, 7) is 6.38. The molecule has 1 aliphatic rings. The molecule has 0 spiro atoms. The van der Waals surface area contributed by atoms with E-state index in [4.69, 9.17) is 14.6 Å². The number of hydrogen-bond acceptors (Lipinski definition) is 4. The second-order valence-electron chi connectivity index (χ2n) is 5.34. The molecule has 1 aromatic carbocycles. The van der Waals surface area contributed by atoms with Crippen molar-refractivity contribution in [2.45, 2.75) is 38.8 Å². The lowest BCUT2D eigenvalue weighted by atomic mass is 9.94. The molecule has 1 heterocycles. The molecule has 0 amide bonds. The first-order chi connectivity index (χ1) is 9.58. The number of fused-ring (bicyclic) bond motifs is 1. The van der Waals surface area contributed by atoms with E-state index in [0.29, 0.717) is 13.2 Å². The van der Waals surface area contributed by atoms with E-state index in [-0.39, 0.29) is 12.1 Å². The lowest BCUT2D eigenvalue weighted by Gasteiger charge is -2.29. The minimum absolute atomic E-state index is 0.0471. The molecule has 5 heteroatoms. The third kappa shape index (κ3) is 3.65. The van der Waals surface area contributed by atoms with Crippen molar-refractivity contribution >= 4 is 15.9 Å². The van der Waals surface area contributed by atoms with E-state index in [1.807, 2.05) is 6.07 Å². The van der Waals surface area contributed by atoms with Crippen LogP contribution in [0, 0.1) is 0 Å². The topological polar surface area (TPSA) is 50.7 Å². The van der Waals surface area contributed by atoms with E-state index in [1.165, 1.54) is 0 Å². The lowest BCUT2D eigenvalue weighted by molar-refractivity contribution is 0.170. The van der Waals surface area contributed by atoms with Gasteiger partial charge in [0.15, 0.2) is 11.5 Å². The summed E-state index contributed by atoms with van der Waals surface area (Å²) in [5.41, 5.74) is 1.09. The number of hydrogen-bond donors (Lipinski definition) is 2. The Labute approximate surface area is 128 Å². The molecule has 0 aliphatic carbocycles. The van der Waals surface area contributed by atoms with Gasteiger partial charge in [-0.2, -0.15) is 0 Å². The van der Waals surface area contributed by atoms with E-state index in [9.17, 15) is 0 Å². The molecule has 0 saturated heterocycles. The third-order valence-electron chi connectivity index (χ3n) is 3.82. The third-order valence-corrected chi connectivity index (χ3v) is 4.41. The fourth-order valence-electron chi connectivity index (χ4n) is 2.22. The van der Waals surface area contributed by atoms with Crippen LogP contribution in [0.15, 0.2) is 16.6 Å². The molecule has 0 saturated carbocycles. The molecule has 0 fully saturated rings. The van der Waals surface area contributed by atoms with Crippen molar-refractivity contribution in [3.05, 3.63) is 22.2 Å². The number of aliphatic hydroxyl groups excluding tert-OH is 1. The van der Waals surface area contributed by atoms with Crippen LogP contribution >= 0.6 is 15.9 Å². The zero-order valence-electron chi connectivity index (χ0n) is 12.0. The van der Waals surface area contributed by atoms with Gasteiger partial charge in [-0.3, -0.25) is 0 Å². The van der Waals surface area contributed by atoms with Gasteiger partial charge in [0, 0.05) is 18.7 Å². The van der Waals surface area contributed by atoms with Crippen LogP contribution in [0.4, 0.5) is 0 Å². The molecular weight excluding hydrogens is 322 g/mol. The number of ether oxygens (including phenoxy) is 2. The van der Waals surface area contributed by atoms with Crippen molar-refractivity contribution in [2.75, 3.05) is 19.8 Å². The number of benzene rings is 1. The highest BCUT2D eigenvalue weighted by Crippen LogP contribution is 2.38. The normalized spacial score (nSPS) is 16.8. The first-order valence-electron chi connectivity index (χ1n) is 7.02. The summed E-state index contributed by atoms with van der Waals surface area (Å²) in [4.78, 5) is 0. The van der Waals surface area contributed by atoms with Gasteiger partial charge in [0.1, 0.15) is 13.2 Å². The largest absolute Gasteiger partial charge is 0.486 e. The summed E-state index contributed by atoms with van der Waals surface area (Å²) in [6.07, 6.45) is 1.72. The summed E-state index contributed by atoms with van der Waals surface area (Å²) in [5.74, 6) is 1.58. The summed E-state index contributed by atoms with van der Waals surface area (Å²) in [5, 5.41) is 12.7. The maximum atomic E-state index is 9.15. The van der Waals surface area contributed by atoms with Gasteiger partial charge in [0.2, 0.25) is 0 Å². The monoisotopic (exact) mass is 343 g/mol. The van der Waals surface area contributed by atoms with Crippen molar-refractivity contribution in [1.82, 2.24) is 5.32 Å². The van der Waals surface area contributed by atoms with Crippen LogP contribution in [0.2, 0.25) is 0 Å². The van der Waals surface area contributed by atoms with E-state index in [1.54, 1.807) is 0 Å². The molecular formula is C15H22BrNO3. The maximum Gasteiger partial charge on any atom is 0.175 e. The average Bonchev–Trinajstić information content (AvgIpc) is 2.46. The van der Waals surface area contributed by atoms with E-state index in [2.05, 4.69) is 41.2 Å². The highest BCUT2D eigenvalue weighted by molar-refractivity contribution is 9.10. The predicted octanol–water partition coefficient (Wildman–Crippen LogP) is 2.86. The quantitative estimate of drug-likeness (QED) is 0.833. The van der Waals surface area contributed by atoms with Crippen LogP contribution in [-0.4, -0.2) is 30.5 Å². The highest BCUT2D eigenvalue weighted by Gasteiger charge is 2.21. The second kappa shape index (κ2) is 6.78. The Morgan fingerprint density at radius 3 is 2.80 bits per heavy atom. The van der Waals surface area contributed by atoms with Crippen LogP contribution in [0.3, 0.4) is 0 Å². The second-order valence-corrected chi connectivity index (χ2v) is 6.20. The fourth-order valence-corrected chi connectivity index (χ4v) is 2.82. The van der Waals surface area contributed by atoms with Gasteiger partial charge in [0.25, 0.3) is 0 Å². The van der Waals surface area contributed by atoms with Crippen molar-refractivity contribution in [3.63, 3.8) is 0 Å². The van der Waals surface area contributed by atoms with E-state index < -0.39 is 0 Å². The number of nitrogens with one attached hydrogen (secondary N) is 1. The van der Waals surface area contributed by atoms with Gasteiger partial charge in [-0.25, -0.2) is 0 Å². The van der Waals surface area contributed by atoms with Gasteiger partial charge < -0.3 is 19.9 Å². The minimum Gasteiger partial charge on any atom is -0.486 e. The number of aliphatic hydroxyl groups is 1. The van der Waals surface area contributed by atoms with E-state index >= 15 is 0 Å². The van der Waals surface area contributed by atoms with Gasteiger partial charge in [-0.1, -0.05) is 6.92 Å². The summed E-state index contributed by atoms with van der Waals surface area (Å²) in [7, 11) is 0. The molecule has 20 heavy (non-hydrogen) atoms. The van der Waals surface area contributed by atoms with Gasteiger partial charge in [-0.05, 0) is 53.4 Å². The van der Waals surface area contributed by atoms with Crippen LogP contribution in [-0.2, 0) is 6.54 Å². The smallest absolute Gasteiger partial charge is 0.175 e. The molecule has 1 atom stereocenters. The molecule has 2 rings (SSSR count). The van der Waals surface area contributed by atoms with Gasteiger partial charge in [-0.15, -0.1) is 0 Å². The Morgan fingerprint density at radius 2 is 2.10 bits per heavy atom. The Morgan fingerprint density at radius 1 is 1.35 bits per heavy atom. The first kappa shape index (κ1) is 15.6. The van der Waals surface area contributed by atoms with Gasteiger partial charge in [0.05, 0.1) is 4.47 Å². The predicted molar refractivity (Wildman–Crippen MR) is 82.4 cm³/mol. The van der Waals surface area contributed by atoms with Crippen molar-refractivity contribution < 1.29 is 14.6 Å².